The molecule has 4 aromatic carbocycles. The lowest BCUT2D eigenvalue weighted by atomic mass is 10.1. The Morgan fingerprint density at radius 1 is 0.357 bits per heavy atom. The van der Waals surface area contributed by atoms with E-state index in [2.05, 4.69) is 47.7 Å². The van der Waals surface area contributed by atoms with E-state index < -0.39 is 0 Å². The van der Waals surface area contributed by atoms with Crippen LogP contribution in [0.1, 0.15) is 40.5 Å². The van der Waals surface area contributed by atoms with Gasteiger partial charge in [-0.2, -0.15) is 20.0 Å². The number of carbonyl (C=O) groups excluding carboxylic acids is 4. The van der Waals surface area contributed by atoms with Crippen LogP contribution < -0.4 is 0 Å². The molecule has 0 fully saturated rings. The molecule has 212 valence electrons. The Labute approximate surface area is 245 Å². The molecule has 0 aliphatic heterocycles. The number of benzene rings is 4. The summed E-state index contributed by atoms with van der Waals surface area (Å²) in [7, 11) is 0. The first kappa shape index (κ1) is 34.4. The van der Waals surface area contributed by atoms with Crippen LogP contribution in [0.5, 0.6) is 0 Å². The van der Waals surface area contributed by atoms with Gasteiger partial charge in [0.1, 0.15) is 0 Å². The molecule has 0 amide bonds. The third kappa shape index (κ3) is 13.0. The van der Waals surface area contributed by atoms with E-state index >= 15 is 0 Å². The van der Waals surface area contributed by atoms with Crippen LogP contribution in [-0.2, 0) is 19.2 Å². The average molecular weight is 561 g/mol. The lowest BCUT2D eigenvalue weighted by Gasteiger charge is -2.01. The molecule has 0 aromatic heterocycles. The molecule has 0 saturated heterocycles. The highest BCUT2D eigenvalue weighted by atomic mass is 16.1. The molecule has 0 N–H and O–H groups in total. The van der Waals surface area contributed by atoms with Crippen LogP contribution >= 0.6 is 0 Å². The van der Waals surface area contributed by atoms with Crippen LogP contribution in [0.15, 0.2) is 117 Å². The van der Waals surface area contributed by atoms with E-state index in [1.807, 2.05) is 48.5 Å². The summed E-state index contributed by atoms with van der Waals surface area (Å²) in [4.78, 5) is 54.4. The summed E-state index contributed by atoms with van der Waals surface area (Å²) in [5, 5.41) is 0. The van der Waals surface area contributed by atoms with Gasteiger partial charge in [-0.25, -0.2) is 19.2 Å². The molecule has 42 heavy (non-hydrogen) atoms. The van der Waals surface area contributed by atoms with E-state index in [0.29, 0.717) is 22.7 Å². The highest BCUT2D eigenvalue weighted by Gasteiger charge is 1.99. The minimum Gasteiger partial charge on any atom is -0.211 e. The number of hydrogen-bond acceptors (Lipinski definition) is 8. The van der Waals surface area contributed by atoms with Gasteiger partial charge in [-0.05, 0) is 70.8 Å². The topological polar surface area (TPSA) is 118 Å². The minimum absolute atomic E-state index is 0.566. The maximum Gasteiger partial charge on any atom is 0.240 e. The van der Waals surface area contributed by atoms with Gasteiger partial charge in [0.05, 0.1) is 22.7 Å². The lowest BCUT2D eigenvalue weighted by molar-refractivity contribution is 0.564. The standard InChI is InChI=1S/2C14H8N2O2.2C3H8/c2*17-9-15-13-5-1-11(2-6-13)12-3-7-14(8-4-12)16-10-18;2*1-3-2/h2*1-8H;2*3H2,1-2H3. The van der Waals surface area contributed by atoms with Gasteiger partial charge in [-0.3, -0.25) is 0 Å². The number of rotatable bonds is 6. The summed E-state index contributed by atoms with van der Waals surface area (Å²) in [5.41, 5.74) is 6.21. The van der Waals surface area contributed by atoms with E-state index in [0.717, 1.165) is 22.3 Å². The molecule has 0 heterocycles. The smallest absolute Gasteiger partial charge is 0.211 e. The maximum atomic E-state index is 10.1. The molecule has 0 saturated carbocycles. The van der Waals surface area contributed by atoms with Gasteiger partial charge >= 0.3 is 0 Å². The second-order valence-corrected chi connectivity index (χ2v) is 8.41. The van der Waals surface area contributed by atoms with E-state index in [1.54, 1.807) is 48.5 Å². The van der Waals surface area contributed by atoms with Gasteiger partial charge in [0.25, 0.3) is 0 Å². The van der Waals surface area contributed by atoms with Crippen molar-refractivity contribution in [1.82, 2.24) is 0 Å². The first-order valence-electron chi connectivity index (χ1n) is 13.2. The summed E-state index contributed by atoms with van der Waals surface area (Å²) in [6.07, 6.45) is 8.46. The van der Waals surface area contributed by atoms with Crippen LogP contribution in [0.25, 0.3) is 22.3 Å². The molecule has 0 radical (unpaired) electrons. The largest absolute Gasteiger partial charge is 0.240 e. The number of hydrogen-bond donors (Lipinski definition) is 0. The van der Waals surface area contributed by atoms with Crippen molar-refractivity contribution in [2.75, 3.05) is 0 Å². The SMILES string of the molecule is CCC.CCC.O=C=Nc1ccc(-c2ccc(N=C=O)cc2)cc1.O=C=Nc1ccc(-c2ccc(N=C=O)cc2)cc1. The summed E-state index contributed by atoms with van der Waals surface area (Å²) in [6, 6.07) is 28.7. The highest BCUT2D eigenvalue weighted by Crippen LogP contribution is 2.25. The van der Waals surface area contributed by atoms with Crippen LogP contribution in [0.2, 0.25) is 0 Å². The molecular formula is C34H32N4O4. The average Bonchev–Trinajstić information content (AvgIpc) is 3.01. The normalized spacial score (nSPS) is 8.67. The summed E-state index contributed by atoms with van der Waals surface area (Å²) < 4.78 is 0. The van der Waals surface area contributed by atoms with Crippen molar-refractivity contribution in [2.45, 2.75) is 40.5 Å². The summed E-state index contributed by atoms with van der Waals surface area (Å²) in [5.74, 6) is 0. The molecule has 0 spiro atoms. The lowest BCUT2D eigenvalue weighted by Crippen LogP contribution is -1.76. The number of nitrogens with zero attached hydrogens (tertiary/aromatic N) is 4. The Morgan fingerprint density at radius 3 is 0.619 bits per heavy atom. The predicted octanol–water partition coefficient (Wildman–Crippen LogP) is 9.41. The molecule has 0 bridgehead atoms. The zero-order chi connectivity index (χ0) is 31.0. The number of isocyanates is 4. The van der Waals surface area contributed by atoms with Crippen LogP contribution in [0.3, 0.4) is 0 Å². The third-order valence-electron chi connectivity index (χ3n) is 4.83. The molecule has 4 aromatic rings. The second-order valence-electron chi connectivity index (χ2n) is 8.41. The highest BCUT2D eigenvalue weighted by molar-refractivity contribution is 5.69. The third-order valence-corrected chi connectivity index (χ3v) is 4.83. The second kappa shape index (κ2) is 21.2. The van der Waals surface area contributed by atoms with E-state index in [9.17, 15) is 19.2 Å². The zero-order valence-corrected chi connectivity index (χ0v) is 24.1. The summed E-state index contributed by atoms with van der Waals surface area (Å²) >= 11 is 0. The van der Waals surface area contributed by atoms with Gasteiger partial charge in [0.2, 0.25) is 24.3 Å². The van der Waals surface area contributed by atoms with Crippen molar-refractivity contribution in [3.8, 4) is 22.3 Å². The number of aliphatic imine (C=N–C) groups is 4. The Morgan fingerprint density at radius 2 is 0.500 bits per heavy atom. The Bertz CT molecular complexity index is 1300. The molecular weight excluding hydrogens is 528 g/mol. The van der Waals surface area contributed by atoms with Gasteiger partial charge < -0.3 is 0 Å². The first-order chi connectivity index (χ1) is 20.5. The monoisotopic (exact) mass is 560 g/mol. The predicted molar refractivity (Wildman–Crippen MR) is 167 cm³/mol. The summed E-state index contributed by atoms with van der Waals surface area (Å²) in [6.45, 7) is 8.50. The Balaban J connectivity index is 0.000000354. The fourth-order valence-electron chi connectivity index (χ4n) is 3.12. The minimum atomic E-state index is 0.566. The maximum absolute atomic E-state index is 10.1. The molecule has 0 atom stereocenters. The van der Waals surface area contributed by atoms with Crippen molar-refractivity contribution in [1.29, 1.82) is 0 Å². The van der Waals surface area contributed by atoms with Crippen molar-refractivity contribution in [2.24, 2.45) is 20.0 Å². The van der Waals surface area contributed by atoms with E-state index in [1.165, 1.54) is 37.2 Å². The van der Waals surface area contributed by atoms with Crippen molar-refractivity contribution < 1.29 is 19.2 Å². The van der Waals surface area contributed by atoms with Gasteiger partial charge in [0.15, 0.2) is 0 Å². The molecule has 0 unspecified atom stereocenters. The van der Waals surface area contributed by atoms with Crippen molar-refractivity contribution in [3.63, 3.8) is 0 Å². The van der Waals surface area contributed by atoms with E-state index in [-0.39, 0.29) is 0 Å². The molecule has 8 heteroatoms. The fraction of sp³-hybridized carbons (Fsp3) is 0.176. The zero-order valence-electron chi connectivity index (χ0n) is 24.1. The molecule has 0 aliphatic carbocycles. The van der Waals surface area contributed by atoms with Crippen molar-refractivity contribution >= 4 is 47.1 Å². The molecule has 8 nitrogen and oxygen atoms in total. The Kier molecular flexibility index (Phi) is 17.4. The molecule has 4 rings (SSSR count). The quantitative estimate of drug-likeness (QED) is 0.172. The fourth-order valence-corrected chi connectivity index (χ4v) is 3.12. The Hall–Kier alpha value is -5.60. The van der Waals surface area contributed by atoms with Crippen molar-refractivity contribution in [3.05, 3.63) is 97.1 Å². The van der Waals surface area contributed by atoms with Gasteiger partial charge in [0, 0.05) is 0 Å². The van der Waals surface area contributed by atoms with Crippen LogP contribution in [0, 0.1) is 0 Å². The van der Waals surface area contributed by atoms with Gasteiger partial charge in [-0.15, -0.1) is 0 Å². The van der Waals surface area contributed by atoms with Crippen LogP contribution in [-0.4, -0.2) is 24.3 Å². The van der Waals surface area contributed by atoms with Gasteiger partial charge in [-0.1, -0.05) is 89.1 Å². The van der Waals surface area contributed by atoms with Crippen LogP contribution in [0.4, 0.5) is 22.7 Å². The first-order valence-corrected chi connectivity index (χ1v) is 13.2. The molecule has 0 aliphatic rings. The van der Waals surface area contributed by atoms with E-state index in [4.69, 9.17) is 0 Å².